The van der Waals surface area contributed by atoms with Gasteiger partial charge in [-0.1, -0.05) is 0 Å². The predicted molar refractivity (Wildman–Crippen MR) is 37.7 cm³/mol. The molecule has 66 valence electrons. The quantitative estimate of drug-likeness (QED) is 0.482. The number of hydrogen-bond donors (Lipinski definition) is 1. The molecule has 0 rings (SSSR count). The third kappa shape index (κ3) is 7.27. The van der Waals surface area contributed by atoms with Crippen LogP contribution in [0.25, 0.3) is 0 Å². The molecule has 0 saturated carbocycles. The van der Waals surface area contributed by atoms with E-state index >= 15 is 0 Å². The van der Waals surface area contributed by atoms with Gasteiger partial charge in [0.2, 0.25) is 0 Å². The molecule has 1 N–H and O–H groups in total. The third-order valence-electron chi connectivity index (χ3n) is 0.998. The number of carbonyl (C=O) groups excluding carboxylic acids is 1. The fourth-order valence-electron chi connectivity index (χ4n) is 0.524. The van der Waals surface area contributed by atoms with Crippen molar-refractivity contribution in [2.45, 2.75) is 12.8 Å². The van der Waals surface area contributed by atoms with E-state index in [-0.39, 0.29) is 18.6 Å². The Hall–Kier alpha value is -0.620. The summed E-state index contributed by atoms with van der Waals surface area (Å²) in [5.74, 6) is -0.879. The maximum absolute atomic E-state index is 10.5. The van der Waals surface area contributed by atoms with Crippen LogP contribution in [0.3, 0.4) is 0 Å². The van der Waals surface area contributed by atoms with Crippen LogP contribution in [0.5, 0.6) is 0 Å². The fourth-order valence-corrected chi connectivity index (χ4v) is 1.19. The van der Waals surface area contributed by atoms with Crippen molar-refractivity contribution in [3.8, 4) is 0 Å². The van der Waals surface area contributed by atoms with Crippen LogP contribution < -0.4 is 0 Å². The summed E-state index contributed by atoms with van der Waals surface area (Å²) in [6.45, 7) is 0. The van der Waals surface area contributed by atoms with Gasteiger partial charge in [0, 0.05) is 12.7 Å². The zero-order chi connectivity index (χ0) is 8.91. The lowest BCUT2D eigenvalue weighted by molar-refractivity contribution is -0.234. The lowest BCUT2D eigenvalue weighted by Gasteiger charge is -1.95. The summed E-state index contributed by atoms with van der Waals surface area (Å²) in [5.41, 5.74) is 0. The molecule has 0 aliphatic carbocycles. The first-order chi connectivity index (χ1) is 4.95. The van der Waals surface area contributed by atoms with Crippen LogP contribution >= 0.6 is 0 Å². The van der Waals surface area contributed by atoms with Crippen molar-refractivity contribution in [2.24, 2.45) is 0 Å². The smallest absolute Gasteiger partial charge is 0.301 e. The van der Waals surface area contributed by atoms with Crippen molar-refractivity contribution in [1.29, 1.82) is 0 Å². The van der Waals surface area contributed by atoms with Crippen LogP contribution in [0.2, 0.25) is 0 Å². The highest BCUT2D eigenvalue weighted by molar-refractivity contribution is 7.90. The van der Waals surface area contributed by atoms with Gasteiger partial charge in [-0.15, -0.1) is 0 Å². The molecule has 0 spiro atoms. The first-order valence-electron chi connectivity index (χ1n) is 2.97. The van der Waals surface area contributed by atoms with Gasteiger partial charge in [-0.25, -0.2) is 13.2 Å². The average molecular weight is 182 g/mol. The molecule has 0 heterocycles. The first-order valence-corrected chi connectivity index (χ1v) is 5.04. The van der Waals surface area contributed by atoms with Gasteiger partial charge in [-0.3, -0.25) is 0 Å². The molecule has 11 heavy (non-hydrogen) atoms. The van der Waals surface area contributed by atoms with Crippen molar-refractivity contribution < 1.29 is 23.4 Å². The van der Waals surface area contributed by atoms with E-state index in [0.29, 0.717) is 0 Å². The van der Waals surface area contributed by atoms with Gasteiger partial charge < -0.3 is 4.89 Å². The summed E-state index contributed by atoms with van der Waals surface area (Å²) in [4.78, 5) is 13.6. The Kier molecular flexibility index (Phi) is 4.06. The van der Waals surface area contributed by atoms with Gasteiger partial charge in [0.25, 0.3) is 0 Å². The third-order valence-corrected chi connectivity index (χ3v) is 2.03. The molecule has 0 radical (unpaired) electrons. The van der Waals surface area contributed by atoms with E-state index in [9.17, 15) is 13.2 Å². The fraction of sp³-hybridized carbons (Fsp3) is 0.800. The Balaban J connectivity index is 3.51. The van der Waals surface area contributed by atoms with E-state index in [4.69, 9.17) is 5.26 Å². The molecule has 0 unspecified atom stereocenters. The average Bonchev–Trinajstić information content (AvgIpc) is 1.85. The molecule has 0 bridgehead atoms. The van der Waals surface area contributed by atoms with E-state index in [1.54, 1.807) is 0 Å². The number of carbonyl (C=O) groups is 1. The van der Waals surface area contributed by atoms with Crippen LogP contribution in [0.15, 0.2) is 0 Å². The largest absolute Gasteiger partial charge is 0.342 e. The number of hydrogen-bond acceptors (Lipinski definition) is 5. The van der Waals surface area contributed by atoms with Crippen molar-refractivity contribution in [2.75, 3.05) is 12.0 Å². The standard InChI is InChI=1S/C5H10O5S/c1-11(8,9)4-2-3-5(6)10-7/h7H,2-4H2,1H3. The van der Waals surface area contributed by atoms with Crippen LogP contribution in [0.4, 0.5) is 0 Å². The van der Waals surface area contributed by atoms with Gasteiger partial charge >= 0.3 is 5.97 Å². The summed E-state index contributed by atoms with van der Waals surface area (Å²) in [5, 5.41) is 7.77. The number of sulfone groups is 1. The topological polar surface area (TPSA) is 80.7 Å². The molecule has 0 aromatic rings. The Morgan fingerprint density at radius 2 is 2.09 bits per heavy atom. The van der Waals surface area contributed by atoms with Crippen molar-refractivity contribution in [3.05, 3.63) is 0 Å². The zero-order valence-electron chi connectivity index (χ0n) is 6.11. The van der Waals surface area contributed by atoms with Crippen LogP contribution in [0, 0.1) is 0 Å². The Morgan fingerprint density at radius 3 is 2.45 bits per heavy atom. The Bertz CT molecular complexity index is 217. The lowest BCUT2D eigenvalue weighted by Crippen LogP contribution is -2.07. The lowest BCUT2D eigenvalue weighted by atomic mass is 10.3. The second-order valence-corrected chi connectivity index (χ2v) is 4.46. The highest BCUT2D eigenvalue weighted by atomic mass is 32.2. The highest BCUT2D eigenvalue weighted by Gasteiger charge is 2.05. The maximum atomic E-state index is 10.5. The molecule has 0 amide bonds. The molecule has 0 saturated heterocycles. The predicted octanol–water partition coefficient (Wildman–Crippen LogP) is -0.173. The van der Waals surface area contributed by atoms with Gasteiger partial charge in [0.15, 0.2) is 0 Å². The summed E-state index contributed by atoms with van der Waals surface area (Å²) in [6.07, 6.45) is 1.18. The molecule has 6 heteroatoms. The van der Waals surface area contributed by atoms with Crippen molar-refractivity contribution >= 4 is 15.8 Å². The molecular formula is C5H10O5S. The first kappa shape index (κ1) is 10.4. The molecule has 0 atom stereocenters. The minimum Gasteiger partial charge on any atom is -0.301 e. The van der Waals surface area contributed by atoms with Crippen LogP contribution in [0.1, 0.15) is 12.8 Å². The molecule has 0 aliphatic heterocycles. The molecule has 0 aromatic carbocycles. The Labute approximate surface area is 64.8 Å². The summed E-state index contributed by atoms with van der Waals surface area (Å²) in [6, 6.07) is 0. The minimum absolute atomic E-state index is 0.0674. The summed E-state index contributed by atoms with van der Waals surface area (Å²) >= 11 is 0. The van der Waals surface area contributed by atoms with E-state index in [1.165, 1.54) is 0 Å². The molecule has 0 fully saturated rings. The van der Waals surface area contributed by atoms with E-state index in [2.05, 4.69) is 4.89 Å². The van der Waals surface area contributed by atoms with Crippen LogP contribution in [-0.4, -0.2) is 31.7 Å². The second kappa shape index (κ2) is 4.30. The monoisotopic (exact) mass is 182 g/mol. The van der Waals surface area contributed by atoms with E-state index in [0.717, 1.165) is 6.26 Å². The normalized spacial score (nSPS) is 11.1. The van der Waals surface area contributed by atoms with Gasteiger partial charge in [0.1, 0.15) is 9.84 Å². The van der Waals surface area contributed by atoms with Crippen LogP contribution in [-0.2, 0) is 19.5 Å². The van der Waals surface area contributed by atoms with Gasteiger partial charge in [0.05, 0.1) is 5.75 Å². The molecule has 5 nitrogen and oxygen atoms in total. The SMILES string of the molecule is CS(=O)(=O)CCCC(=O)OO. The van der Waals surface area contributed by atoms with Gasteiger partial charge in [-0.2, -0.15) is 5.26 Å². The second-order valence-electron chi connectivity index (χ2n) is 2.20. The minimum atomic E-state index is -3.02. The van der Waals surface area contributed by atoms with Gasteiger partial charge in [-0.05, 0) is 6.42 Å². The molecule has 0 aliphatic rings. The van der Waals surface area contributed by atoms with Crippen molar-refractivity contribution in [1.82, 2.24) is 0 Å². The van der Waals surface area contributed by atoms with Crippen molar-refractivity contribution in [3.63, 3.8) is 0 Å². The highest BCUT2D eigenvalue weighted by Crippen LogP contribution is 1.95. The Morgan fingerprint density at radius 1 is 1.55 bits per heavy atom. The zero-order valence-corrected chi connectivity index (χ0v) is 6.93. The summed E-state index contributed by atoms with van der Waals surface area (Å²) < 4.78 is 21.0. The maximum Gasteiger partial charge on any atom is 0.342 e. The summed E-state index contributed by atoms with van der Waals surface area (Å²) in [7, 11) is -3.02. The molecule has 0 aromatic heterocycles. The number of rotatable bonds is 4. The van der Waals surface area contributed by atoms with E-state index in [1.807, 2.05) is 0 Å². The van der Waals surface area contributed by atoms with E-state index < -0.39 is 15.8 Å². The molecular weight excluding hydrogens is 172 g/mol.